The molecule has 0 rings (SSSR count). The topological polar surface area (TPSA) is 102 Å². The molecule has 2 N–H and O–H groups in total. The van der Waals surface area contributed by atoms with E-state index in [4.69, 9.17) is 0 Å². The number of amides is 2. The molecule has 7 nitrogen and oxygen atoms in total. The lowest BCUT2D eigenvalue weighted by Gasteiger charge is -2.07. The molecule has 0 aromatic carbocycles. The summed E-state index contributed by atoms with van der Waals surface area (Å²) in [5, 5.41) is 1.71. The van der Waals surface area contributed by atoms with E-state index in [0.717, 1.165) is 0 Å². The Morgan fingerprint density at radius 1 is 0.957 bits per heavy atom. The molecule has 0 saturated carbocycles. The second-order valence-electron chi connectivity index (χ2n) is 4.77. The molecule has 0 bridgehead atoms. The Hall–Kier alpha value is -2.13. The first-order valence-electron chi connectivity index (χ1n) is 6.96. The van der Waals surface area contributed by atoms with Crippen LogP contribution in [0.3, 0.4) is 0 Å². The van der Waals surface area contributed by atoms with E-state index >= 15 is 0 Å². The Bertz CT molecular complexity index is 438. The molecule has 0 aliphatic carbocycles. The predicted octanol–water partition coefficient (Wildman–Crippen LogP) is 1.17. The van der Waals surface area contributed by atoms with Gasteiger partial charge in [0.1, 0.15) is 5.78 Å². The molecule has 0 radical (unpaired) electrons. The maximum absolute atomic E-state index is 11.9. The third-order valence-electron chi connectivity index (χ3n) is 2.58. The van der Waals surface area contributed by atoms with Crippen molar-refractivity contribution in [2.75, 3.05) is 6.54 Å². The molecule has 0 saturated heterocycles. The van der Waals surface area contributed by atoms with Crippen molar-refractivity contribution in [3.63, 3.8) is 0 Å². The zero-order chi connectivity index (χ0) is 17.9. The van der Waals surface area contributed by atoms with Crippen molar-refractivity contribution in [2.45, 2.75) is 51.6 Å². The van der Waals surface area contributed by atoms with Crippen molar-refractivity contribution in [1.29, 1.82) is 0 Å². The van der Waals surface area contributed by atoms with E-state index in [2.05, 4.69) is 4.84 Å². The van der Waals surface area contributed by atoms with Crippen LogP contribution in [0.15, 0.2) is 0 Å². The first-order valence-corrected chi connectivity index (χ1v) is 6.96. The van der Waals surface area contributed by atoms with Crippen LogP contribution in [-0.2, 0) is 24.0 Å². The van der Waals surface area contributed by atoms with Crippen LogP contribution < -0.4 is 10.8 Å². The lowest BCUT2D eigenvalue weighted by molar-refractivity contribution is -0.173. The molecule has 0 heterocycles. The van der Waals surface area contributed by atoms with Crippen LogP contribution in [0, 0.1) is 0 Å². The summed E-state index contributed by atoms with van der Waals surface area (Å²) in [4.78, 5) is 47.9. The Labute approximate surface area is 130 Å². The first-order chi connectivity index (χ1) is 10.6. The van der Waals surface area contributed by atoms with Crippen LogP contribution in [0.2, 0.25) is 0 Å². The fourth-order valence-electron chi connectivity index (χ4n) is 1.38. The smallest absolute Gasteiger partial charge is 0.348 e. The van der Waals surface area contributed by atoms with Gasteiger partial charge in [-0.15, -0.1) is 0 Å². The summed E-state index contributed by atoms with van der Waals surface area (Å²) in [7, 11) is 0. The number of unbranched alkanes of at least 4 members (excludes halogenated alkanes) is 2. The number of hydroxylamine groups is 1. The van der Waals surface area contributed by atoms with E-state index in [1.165, 1.54) is 6.92 Å². The predicted molar refractivity (Wildman–Crippen MR) is 71.7 cm³/mol. The minimum absolute atomic E-state index is 0.0276. The van der Waals surface area contributed by atoms with Gasteiger partial charge in [0.15, 0.2) is 0 Å². The number of carbonyl (C=O) groups excluding carboxylic acids is 4. The normalized spacial score (nSPS) is 10.8. The number of hydrogen-bond acceptors (Lipinski definition) is 5. The Morgan fingerprint density at radius 2 is 1.61 bits per heavy atom. The van der Waals surface area contributed by atoms with E-state index in [9.17, 15) is 32.3 Å². The maximum Gasteiger partial charge on any atom is 0.471 e. The van der Waals surface area contributed by atoms with Crippen LogP contribution in [-0.4, -0.2) is 36.3 Å². The van der Waals surface area contributed by atoms with Gasteiger partial charge in [-0.2, -0.15) is 18.7 Å². The number of ketones is 1. The van der Waals surface area contributed by atoms with Gasteiger partial charge < -0.3 is 14.9 Å². The van der Waals surface area contributed by atoms with E-state index in [1.54, 1.807) is 5.32 Å². The summed E-state index contributed by atoms with van der Waals surface area (Å²) < 4.78 is 35.6. The number of alkyl halides is 3. The molecule has 0 fully saturated rings. The van der Waals surface area contributed by atoms with Gasteiger partial charge in [-0.3, -0.25) is 9.59 Å². The summed E-state index contributed by atoms with van der Waals surface area (Å²) in [5.41, 5.74) is 1.90. The highest BCUT2D eigenvalue weighted by atomic mass is 19.4. The lowest BCUT2D eigenvalue weighted by atomic mass is 10.2. The van der Waals surface area contributed by atoms with Crippen LogP contribution >= 0.6 is 0 Å². The van der Waals surface area contributed by atoms with Gasteiger partial charge >= 0.3 is 18.1 Å². The maximum atomic E-state index is 11.9. The summed E-state index contributed by atoms with van der Waals surface area (Å²) >= 11 is 0. The quantitative estimate of drug-likeness (QED) is 0.485. The van der Waals surface area contributed by atoms with Crippen molar-refractivity contribution < 1.29 is 37.2 Å². The zero-order valence-corrected chi connectivity index (χ0v) is 12.6. The third kappa shape index (κ3) is 12.1. The van der Waals surface area contributed by atoms with Gasteiger partial charge in [-0.05, 0) is 19.8 Å². The molecule has 0 atom stereocenters. The standard InChI is InChI=1S/C13H19F3N2O5/c1-9(19)6-7-10(20)18-23-11(21)5-3-2-4-8-17-12(22)13(14,15)16/h2-8H2,1H3,(H,17,22)(H,18,20). The number of hydrogen-bond donors (Lipinski definition) is 2. The minimum atomic E-state index is -4.90. The fraction of sp³-hybridized carbons (Fsp3) is 0.692. The summed E-state index contributed by atoms with van der Waals surface area (Å²) in [6, 6.07) is 0. The number of nitrogens with one attached hydrogen (secondary N) is 2. The van der Waals surface area contributed by atoms with Gasteiger partial charge in [-0.1, -0.05) is 6.42 Å². The highest BCUT2D eigenvalue weighted by molar-refractivity contribution is 5.83. The molecule has 0 aliphatic heterocycles. The van der Waals surface area contributed by atoms with Crippen molar-refractivity contribution >= 4 is 23.6 Å². The molecular weight excluding hydrogens is 321 g/mol. The van der Waals surface area contributed by atoms with E-state index < -0.39 is 24.0 Å². The zero-order valence-electron chi connectivity index (χ0n) is 12.6. The summed E-state index contributed by atoms with van der Waals surface area (Å²) in [5.74, 6) is -3.45. The van der Waals surface area contributed by atoms with Crippen molar-refractivity contribution in [3.8, 4) is 0 Å². The molecule has 10 heteroatoms. The van der Waals surface area contributed by atoms with Gasteiger partial charge in [0.05, 0.1) is 0 Å². The van der Waals surface area contributed by atoms with Gasteiger partial charge in [0, 0.05) is 25.8 Å². The molecule has 132 valence electrons. The van der Waals surface area contributed by atoms with Crippen LogP contribution in [0.4, 0.5) is 13.2 Å². The fourth-order valence-corrected chi connectivity index (χ4v) is 1.38. The van der Waals surface area contributed by atoms with E-state index in [1.807, 2.05) is 5.48 Å². The van der Waals surface area contributed by atoms with Gasteiger partial charge in [0.2, 0.25) is 0 Å². The number of halogens is 3. The molecule has 0 aliphatic rings. The summed E-state index contributed by atoms with van der Waals surface area (Å²) in [6.45, 7) is 1.19. The van der Waals surface area contributed by atoms with Crippen LogP contribution in [0.25, 0.3) is 0 Å². The molecule has 0 spiro atoms. The van der Waals surface area contributed by atoms with Crippen molar-refractivity contribution in [1.82, 2.24) is 10.8 Å². The largest absolute Gasteiger partial charge is 0.471 e. The molecule has 2 amide bonds. The second-order valence-corrected chi connectivity index (χ2v) is 4.77. The van der Waals surface area contributed by atoms with E-state index in [0.29, 0.717) is 12.8 Å². The lowest BCUT2D eigenvalue weighted by Crippen LogP contribution is -2.37. The summed E-state index contributed by atoms with van der Waals surface area (Å²) in [6.07, 6.45) is -3.94. The van der Waals surface area contributed by atoms with Crippen LogP contribution in [0.5, 0.6) is 0 Å². The first kappa shape index (κ1) is 20.9. The average Bonchev–Trinajstić information content (AvgIpc) is 2.45. The number of rotatable bonds is 9. The van der Waals surface area contributed by atoms with Crippen LogP contribution in [0.1, 0.15) is 45.4 Å². The number of carbonyl (C=O) groups is 4. The molecule has 0 aromatic heterocycles. The molecule has 23 heavy (non-hydrogen) atoms. The third-order valence-corrected chi connectivity index (χ3v) is 2.58. The van der Waals surface area contributed by atoms with Gasteiger partial charge in [0.25, 0.3) is 5.91 Å². The second kappa shape index (κ2) is 10.6. The number of Topliss-reactive ketones (excluding diaryl/α,β-unsaturated/α-hetero) is 1. The highest BCUT2D eigenvalue weighted by Crippen LogP contribution is 2.14. The molecule has 0 aromatic rings. The molecule has 0 unspecified atom stereocenters. The average molecular weight is 340 g/mol. The van der Waals surface area contributed by atoms with Crippen molar-refractivity contribution in [2.24, 2.45) is 0 Å². The Morgan fingerprint density at radius 3 is 2.17 bits per heavy atom. The molecular formula is C13H19F3N2O5. The monoisotopic (exact) mass is 340 g/mol. The highest BCUT2D eigenvalue weighted by Gasteiger charge is 2.38. The van der Waals surface area contributed by atoms with Gasteiger partial charge in [-0.25, -0.2) is 4.79 Å². The Balaban J connectivity index is 3.59. The van der Waals surface area contributed by atoms with E-state index in [-0.39, 0.29) is 38.0 Å². The SMILES string of the molecule is CC(=O)CCC(=O)NOC(=O)CCCCCNC(=O)C(F)(F)F. The Kier molecular flexibility index (Phi) is 9.59. The minimum Gasteiger partial charge on any atom is -0.348 e. The van der Waals surface area contributed by atoms with Crippen molar-refractivity contribution in [3.05, 3.63) is 0 Å².